The van der Waals surface area contributed by atoms with Crippen molar-refractivity contribution in [3.63, 3.8) is 0 Å². The van der Waals surface area contributed by atoms with E-state index in [4.69, 9.17) is 15.2 Å². The van der Waals surface area contributed by atoms with Crippen molar-refractivity contribution >= 4 is 0 Å². The summed E-state index contributed by atoms with van der Waals surface area (Å²) in [5.41, 5.74) is 6.48. The van der Waals surface area contributed by atoms with Gasteiger partial charge in [-0.2, -0.15) is 0 Å². The van der Waals surface area contributed by atoms with Crippen molar-refractivity contribution < 1.29 is 9.47 Å². The molecule has 1 aromatic carbocycles. The van der Waals surface area contributed by atoms with Gasteiger partial charge < -0.3 is 15.2 Å². The van der Waals surface area contributed by atoms with E-state index in [1.54, 1.807) is 7.11 Å². The average Bonchev–Trinajstić information content (AvgIpc) is 2.21. The number of benzene rings is 1. The zero-order valence-electron chi connectivity index (χ0n) is 8.75. The van der Waals surface area contributed by atoms with Crippen LogP contribution in [0, 0.1) is 6.92 Å². The lowest BCUT2D eigenvalue weighted by molar-refractivity contribution is 0.310. The van der Waals surface area contributed by atoms with E-state index in [1.165, 1.54) is 0 Å². The van der Waals surface area contributed by atoms with Gasteiger partial charge in [0.2, 0.25) is 0 Å². The van der Waals surface area contributed by atoms with Crippen LogP contribution in [-0.2, 0) is 0 Å². The molecule has 3 nitrogen and oxygen atoms in total. The summed E-state index contributed by atoms with van der Waals surface area (Å²) in [7, 11) is 1.66. The van der Waals surface area contributed by atoms with E-state index in [1.807, 2.05) is 25.1 Å². The first-order chi connectivity index (χ1) is 6.77. The van der Waals surface area contributed by atoms with Crippen LogP contribution in [-0.4, -0.2) is 20.3 Å². The van der Waals surface area contributed by atoms with Crippen molar-refractivity contribution in [3.8, 4) is 11.5 Å². The molecule has 1 aromatic rings. The van der Waals surface area contributed by atoms with Crippen molar-refractivity contribution in [1.29, 1.82) is 0 Å². The second-order valence-electron chi connectivity index (χ2n) is 3.12. The molecule has 0 saturated carbocycles. The minimum atomic E-state index is 0.655. The zero-order chi connectivity index (χ0) is 10.4. The van der Waals surface area contributed by atoms with Crippen LogP contribution >= 0.6 is 0 Å². The van der Waals surface area contributed by atoms with Crippen LogP contribution < -0.4 is 15.2 Å². The van der Waals surface area contributed by atoms with Gasteiger partial charge in [-0.3, -0.25) is 0 Å². The van der Waals surface area contributed by atoms with Crippen LogP contribution in [0.15, 0.2) is 18.2 Å². The Morgan fingerprint density at radius 1 is 1.36 bits per heavy atom. The average molecular weight is 195 g/mol. The zero-order valence-corrected chi connectivity index (χ0v) is 8.75. The molecule has 3 heteroatoms. The van der Waals surface area contributed by atoms with E-state index in [-0.39, 0.29) is 0 Å². The number of hydrogen-bond acceptors (Lipinski definition) is 3. The van der Waals surface area contributed by atoms with Gasteiger partial charge >= 0.3 is 0 Å². The fourth-order valence-corrected chi connectivity index (χ4v) is 1.16. The molecule has 0 aliphatic carbocycles. The third kappa shape index (κ3) is 2.92. The Morgan fingerprint density at radius 2 is 2.14 bits per heavy atom. The molecule has 0 fully saturated rings. The summed E-state index contributed by atoms with van der Waals surface area (Å²) in [4.78, 5) is 0. The maximum Gasteiger partial charge on any atom is 0.125 e. The Bertz CT molecular complexity index is 287. The molecule has 78 valence electrons. The van der Waals surface area contributed by atoms with E-state index in [0.29, 0.717) is 13.2 Å². The number of hydrogen-bond donors (Lipinski definition) is 1. The highest BCUT2D eigenvalue weighted by Gasteiger charge is 2.00. The van der Waals surface area contributed by atoms with Gasteiger partial charge in [0, 0.05) is 6.07 Å². The fourth-order valence-electron chi connectivity index (χ4n) is 1.16. The molecule has 0 amide bonds. The lowest BCUT2D eigenvalue weighted by Crippen LogP contribution is -2.06. The van der Waals surface area contributed by atoms with Gasteiger partial charge in [-0.25, -0.2) is 0 Å². The van der Waals surface area contributed by atoms with Crippen LogP contribution in [0.2, 0.25) is 0 Å². The fraction of sp³-hybridized carbons (Fsp3) is 0.455. The van der Waals surface area contributed by atoms with Gasteiger partial charge in [-0.05, 0) is 31.5 Å². The Hall–Kier alpha value is -1.22. The van der Waals surface area contributed by atoms with Crippen LogP contribution in [0.1, 0.15) is 12.0 Å². The molecular formula is C11H17NO2. The second-order valence-corrected chi connectivity index (χ2v) is 3.12. The van der Waals surface area contributed by atoms with Crippen molar-refractivity contribution in [2.45, 2.75) is 13.3 Å². The van der Waals surface area contributed by atoms with Gasteiger partial charge in [0.15, 0.2) is 0 Å². The van der Waals surface area contributed by atoms with E-state index in [2.05, 4.69) is 0 Å². The molecule has 1 rings (SSSR count). The molecule has 0 heterocycles. The van der Waals surface area contributed by atoms with Gasteiger partial charge in [-0.1, -0.05) is 6.07 Å². The maximum atomic E-state index is 5.48. The first-order valence-corrected chi connectivity index (χ1v) is 4.75. The summed E-state index contributed by atoms with van der Waals surface area (Å²) in [5.74, 6) is 1.69. The number of rotatable bonds is 5. The summed E-state index contributed by atoms with van der Waals surface area (Å²) in [6, 6.07) is 5.82. The van der Waals surface area contributed by atoms with Crippen molar-refractivity contribution in [2.75, 3.05) is 20.3 Å². The molecule has 0 spiro atoms. The van der Waals surface area contributed by atoms with E-state index in [0.717, 1.165) is 23.5 Å². The standard InChI is InChI=1S/C11H17NO2/c1-9-4-5-10(8-11(9)13-2)14-7-3-6-12/h4-5,8H,3,6-7,12H2,1-2H3. The highest BCUT2D eigenvalue weighted by Crippen LogP contribution is 2.23. The van der Waals surface area contributed by atoms with Crippen LogP contribution in [0.4, 0.5) is 0 Å². The smallest absolute Gasteiger partial charge is 0.125 e. The van der Waals surface area contributed by atoms with Crippen LogP contribution in [0.3, 0.4) is 0 Å². The largest absolute Gasteiger partial charge is 0.496 e. The van der Waals surface area contributed by atoms with Gasteiger partial charge in [0.25, 0.3) is 0 Å². The SMILES string of the molecule is COc1cc(OCCCN)ccc1C. The molecule has 0 aromatic heterocycles. The maximum absolute atomic E-state index is 5.48. The molecule has 0 aliphatic rings. The number of aryl methyl sites for hydroxylation is 1. The van der Waals surface area contributed by atoms with Crippen molar-refractivity contribution in [2.24, 2.45) is 5.73 Å². The molecule has 0 saturated heterocycles. The van der Waals surface area contributed by atoms with Gasteiger partial charge in [0.05, 0.1) is 13.7 Å². The summed E-state index contributed by atoms with van der Waals surface area (Å²) < 4.78 is 10.7. The first-order valence-electron chi connectivity index (χ1n) is 4.75. The highest BCUT2D eigenvalue weighted by atomic mass is 16.5. The van der Waals surface area contributed by atoms with E-state index < -0.39 is 0 Å². The lowest BCUT2D eigenvalue weighted by atomic mass is 10.2. The van der Waals surface area contributed by atoms with Crippen LogP contribution in [0.25, 0.3) is 0 Å². The summed E-state index contributed by atoms with van der Waals surface area (Å²) in [6.45, 7) is 3.31. The minimum absolute atomic E-state index is 0.655. The molecule has 14 heavy (non-hydrogen) atoms. The summed E-state index contributed by atoms with van der Waals surface area (Å²) in [5, 5.41) is 0. The molecular weight excluding hydrogens is 178 g/mol. The molecule has 2 N–H and O–H groups in total. The normalized spacial score (nSPS) is 9.93. The minimum Gasteiger partial charge on any atom is -0.496 e. The Balaban J connectivity index is 2.60. The number of methoxy groups -OCH3 is 1. The van der Waals surface area contributed by atoms with Gasteiger partial charge in [0.1, 0.15) is 11.5 Å². The van der Waals surface area contributed by atoms with Crippen molar-refractivity contribution in [3.05, 3.63) is 23.8 Å². The number of nitrogens with two attached hydrogens (primary N) is 1. The molecule has 0 radical (unpaired) electrons. The predicted octanol–water partition coefficient (Wildman–Crippen LogP) is 1.73. The molecule has 0 atom stereocenters. The van der Waals surface area contributed by atoms with E-state index in [9.17, 15) is 0 Å². The van der Waals surface area contributed by atoms with Crippen LogP contribution in [0.5, 0.6) is 11.5 Å². The second kappa shape index (κ2) is 5.50. The highest BCUT2D eigenvalue weighted by molar-refractivity contribution is 5.39. The molecule has 0 bridgehead atoms. The topological polar surface area (TPSA) is 44.5 Å². The summed E-state index contributed by atoms with van der Waals surface area (Å²) >= 11 is 0. The lowest BCUT2D eigenvalue weighted by Gasteiger charge is -2.08. The monoisotopic (exact) mass is 195 g/mol. The first kappa shape index (κ1) is 10.9. The predicted molar refractivity (Wildman–Crippen MR) is 56.9 cm³/mol. The third-order valence-corrected chi connectivity index (χ3v) is 2.00. The molecule has 0 aliphatic heterocycles. The Kier molecular flexibility index (Phi) is 4.26. The Morgan fingerprint density at radius 3 is 2.79 bits per heavy atom. The molecule has 0 unspecified atom stereocenters. The van der Waals surface area contributed by atoms with E-state index >= 15 is 0 Å². The third-order valence-electron chi connectivity index (χ3n) is 2.00. The quantitative estimate of drug-likeness (QED) is 0.728. The van der Waals surface area contributed by atoms with Gasteiger partial charge in [-0.15, -0.1) is 0 Å². The van der Waals surface area contributed by atoms with Crippen molar-refractivity contribution in [1.82, 2.24) is 0 Å². The summed E-state index contributed by atoms with van der Waals surface area (Å²) in [6.07, 6.45) is 0.871. The number of ether oxygens (including phenoxy) is 2. The Labute approximate surface area is 84.8 Å².